The Bertz CT molecular complexity index is 3000. The highest BCUT2D eigenvalue weighted by Crippen LogP contribution is 2.38. The van der Waals surface area contributed by atoms with Crippen LogP contribution in [0, 0.1) is 0 Å². The van der Waals surface area contributed by atoms with E-state index < -0.39 is 29.8 Å². The number of rotatable bonds is 55. The Morgan fingerprint density at radius 1 is 0.340 bits per heavy atom. The molecule has 0 aromatic heterocycles. The standard InChI is InChI=1S/C72H88O22/c1-7-45-81-82-51-24-23-50-79-71-60(26-14-18-54-87-93-85-46-8-2)31-32-61(72(71)80-49-22-21-48-78-66(73)10-4)38-44-70(77)90-63-41-35-57(36-42-63)56-33-39-62(40-34-56)89-69(76)43-37-59-30-29-58(25-13-17-52-83-91-67(74)11-5)64(27-15-19-53-84-92-68(75)12-6)65(59)28-16-20-55-88-94-86-47-9-3/h7-12,29-44H,1-6,13-28,45-55H2/b43-37+,44-38+. The number of hydrogen-bond acceptors (Lipinski definition) is 22. The van der Waals surface area contributed by atoms with Crippen LogP contribution in [0.4, 0.5) is 0 Å². The minimum Gasteiger partial charge on any atom is -0.489 e. The van der Waals surface area contributed by atoms with E-state index in [1.54, 1.807) is 42.5 Å². The van der Waals surface area contributed by atoms with Crippen LogP contribution >= 0.6 is 0 Å². The van der Waals surface area contributed by atoms with Crippen LogP contribution in [0.5, 0.6) is 23.0 Å². The fourth-order valence-corrected chi connectivity index (χ4v) is 8.69. The second-order valence-corrected chi connectivity index (χ2v) is 20.3. The molecule has 0 fully saturated rings. The van der Waals surface area contributed by atoms with Gasteiger partial charge in [0.1, 0.15) is 31.3 Å². The molecule has 0 saturated heterocycles. The lowest BCUT2D eigenvalue weighted by molar-refractivity contribution is -0.509. The molecule has 508 valence electrons. The third-order valence-electron chi connectivity index (χ3n) is 13.2. The van der Waals surface area contributed by atoms with Crippen LogP contribution in [0.15, 0.2) is 161 Å². The summed E-state index contributed by atoms with van der Waals surface area (Å²) in [6, 6.07) is 21.8. The monoisotopic (exact) mass is 1300 g/mol. The van der Waals surface area contributed by atoms with Gasteiger partial charge in [-0.3, -0.25) is 9.78 Å². The minimum atomic E-state index is -0.683. The quantitative estimate of drug-likeness (QED) is 0.00758. The van der Waals surface area contributed by atoms with Crippen molar-refractivity contribution in [2.24, 2.45) is 0 Å². The number of carbonyl (C=O) groups is 5. The van der Waals surface area contributed by atoms with E-state index in [1.807, 2.05) is 48.5 Å². The summed E-state index contributed by atoms with van der Waals surface area (Å²) in [5.41, 5.74) is 7.13. The summed E-state index contributed by atoms with van der Waals surface area (Å²) in [7, 11) is 0. The first-order valence-corrected chi connectivity index (χ1v) is 31.2. The van der Waals surface area contributed by atoms with Gasteiger partial charge in [0, 0.05) is 35.9 Å². The second kappa shape index (κ2) is 49.9. The number of ether oxygens (including phenoxy) is 5. The fraction of sp³-hybridized carbons (Fsp3) is 0.375. The Kier molecular flexibility index (Phi) is 41.3. The third-order valence-corrected chi connectivity index (χ3v) is 13.2. The van der Waals surface area contributed by atoms with Gasteiger partial charge in [-0.2, -0.15) is 9.78 Å². The number of unbranched alkanes of at least 4 members (excludes halogenated alkanes) is 6. The molecule has 22 heteroatoms. The molecule has 0 bridgehead atoms. The Hall–Kier alpha value is -8.65. The van der Waals surface area contributed by atoms with E-state index in [2.05, 4.69) is 44.4 Å². The van der Waals surface area contributed by atoms with Crippen molar-refractivity contribution in [1.29, 1.82) is 0 Å². The number of carbonyl (C=O) groups excluding carboxylic acids is 5. The van der Waals surface area contributed by atoms with E-state index >= 15 is 0 Å². The lowest BCUT2D eigenvalue weighted by Crippen LogP contribution is -2.09. The van der Waals surface area contributed by atoms with Gasteiger partial charge in [-0.15, -0.1) is 19.7 Å². The van der Waals surface area contributed by atoms with E-state index in [1.165, 1.54) is 24.3 Å². The van der Waals surface area contributed by atoms with Crippen molar-refractivity contribution in [3.63, 3.8) is 0 Å². The normalized spacial score (nSPS) is 11.0. The van der Waals surface area contributed by atoms with Crippen molar-refractivity contribution in [3.05, 3.63) is 194 Å². The summed E-state index contributed by atoms with van der Waals surface area (Å²) in [6.07, 6.45) is 24.1. The van der Waals surface area contributed by atoms with E-state index in [-0.39, 0.29) is 59.5 Å². The molecule has 0 spiro atoms. The second-order valence-electron chi connectivity index (χ2n) is 20.3. The molecule has 0 aliphatic rings. The Labute approximate surface area is 550 Å². The molecule has 4 aromatic rings. The van der Waals surface area contributed by atoms with E-state index in [0.29, 0.717) is 138 Å². The maximum Gasteiger partial charge on any atom is 0.365 e. The van der Waals surface area contributed by atoms with Crippen LogP contribution in [0.1, 0.15) is 110 Å². The van der Waals surface area contributed by atoms with Gasteiger partial charge in [-0.25, -0.2) is 53.3 Å². The summed E-state index contributed by atoms with van der Waals surface area (Å²) >= 11 is 0. The topological polar surface area (TPSA) is 242 Å². The highest BCUT2D eigenvalue weighted by Gasteiger charge is 2.18. The predicted molar refractivity (Wildman–Crippen MR) is 349 cm³/mol. The van der Waals surface area contributed by atoms with Crippen molar-refractivity contribution < 1.29 is 107 Å². The van der Waals surface area contributed by atoms with E-state index in [9.17, 15) is 24.0 Å². The maximum absolute atomic E-state index is 13.5. The zero-order valence-electron chi connectivity index (χ0n) is 53.5. The van der Waals surface area contributed by atoms with Crippen LogP contribution in [-0.2, 0) is 113 Å². The van der Waals surface area contributed by atoms with Gasteiger partial charge >= 0.3 is 29.8 Å². The predicted octanol–water partition coefficient (Wildman–Crippen LogP) is 13.5. The molecular formula is C72H88O22. The van der Waals surface area contributed by atoms with Crippen LogP contribution in [0.2, 0.25) is 0 Å². The number of hydrogen-bond donors (Lipinski definition) is 0. The lowest BCUT2D eigenvalue weighted by Gasteiger charge is -2.19. The molecule has 4 aromatic carbocycles. The van der Waals surface area contributed by atoms with Crippen LogP contribution in [0.25, 0.3) is 23.3 Å². The van der Waals surface area contributed by atoms with Crippen LogP contribution in [0.3, 0.4) is 0 Å². The molecule has 94 heavy (non-hydrogen) atoms. The molecule has 0 N–H and O–H groups in total. The lowest BCUT2D eigenvalue weighted by atomic mass is 9.87. The van der Waals surface area contributed by atoms with Gasteiger partial charge in [-0.05, 0) is 178 Å². The first-order valence-electron chi connectivity index (χ1n) is 31.2. The van der Waals surface area contributed by atoms with Gasteiger partial charge < -0.3 is 23.7 Å². The van der Waals surface area contributed by atoms with Gasteiger partial charge in [-0.1, -0.05) is 96.6 Å². The Balaban J connectivity index is 1.48. The van der Waals surface area contributed by atoms with Gasteiger partial charge in [0.2, 0.25) is 0 Å². The average Bonchev–Trinajstić information content (AvgIpc) is 0.889. The molecule has 0 unspecified atom stereocenters. The molecule has 0 aliphatic carbocycles. The molecule has 0 amide bonds. The van der Waals surface area contributed by atoms with Crippen molar-refractivity contribution in [2.45, 2.75) is 103 Å². The fourth-order valence-electron chi connectivity index (χ4n) is 8.69. The summed E-state index contributed by atoms with van der Waals surface area (Å²) in [4.78, 5) is 111. The first-order chi connectivity index (χ1) is 46.0. The third kappa shape index (κ3) is 33.3. The highest BCUT2D eigenvalue weighted by molar-refractivity contribution is 5.90. The average molecular weight is 1310 g/mol. The first kappa shape index (κ1) is 77.8. The SMILES string of the molecule is C=CCOOCCCCOc1c(CCCCOOOCC=C)ccc(/C=C/C(=O)Oc2ccc(-c3ccc(OC(=O)/C=C/c4ccc(CCCCOOC(=O)C=C)c(CCCCOOC(=O)C=C)c4CCCCOOOCC=C)cc3)cc2)c1OCCCCOC(=O)C=C. The van der Waals surface area contributed by atoms with Crippen molar-refractivity contribution in [2.75, 3.05) is 72.7 Å². The van der Waals surface area contributed by atoms with Crippen molar-refractivity contribution in [3.8, 4) is 34.1 Å². The van der Waals surface area contributed by atoms with Gasteiger partial charge in [0.15, 0.2) is 11.5 Å². The summed E-state index contributed by atoms with van der Waals surface area (Å²) in [5.74, 6) is -1.52. The number of aryl methyl sites for hydroxylation is 2. The number of benzene rings is 4. The highest BCUT2D eigenvalue weighted by atomic mass is 17.5. The molecule has 0 heterocycles. The molecule has 22 nitrogen and oxygen atoms in total. The molecule has 0 aliphatic heterocycles. The maximum atomic E-state index is 13.5. The van der Waals surface area contributed by atoms with E-state index in [0.717, 1.165) is 63.6 Å². The molecule has 0 saturated carbocycles. The summed E-state index contributed by atoms with van der Waals surface area (Å²) < 4.78 is 29.5. The Morgan fingerprint density at radius 2 is 0.755 bits per heavy atom. The van der Waals surface area contributed by atoms with Gasteiger partial charge in [0.05, 0.1) is 52.9 Å². The Morgan fingerprint density at radius 3 is 1.29 bits per heavy atom. The van der Waals surface area contributed by atoms with E-state index in [4.69, 9.17) is 77.7 Å². The van der Waals surface area contributed by atoms with Crippen LogP contribution in [-0.4, -0.2) is 103 Å². The summed E-state index contributed by atoms with van der Waals surface area (Å²) in [6.45, 7) is 23.7. The molecule has 4 rings (SSSR count). The molecule has 0 radical (unpaired) electrons. The van der Waals surface area contributed by atoms with Crippen LogP contribution < -0.4 is 18.9 Å². The zero-order valence-corrected chi connectivity index (χ0v) is 53.5. The van der Waals surface area contributed by atoms with Crippen molar-refractivity contribution >= 4 is 42.0 Å². The minimum absolute atomic E-state index is 0.171. The zero-order chi connectivity index (χ0) is 67.5. The number of esters is 3. The van der Waals surface area contributed by atoms with Crippen molar-refractivity contribution in [1.82, 2.24) is 0 Å². The largest absolute Gasteiger partial charge is 0.489 e. The molecule has 0 atom stereocenters. The summed E-state index contributed by atoms with van der Waals surface area (Å²) in [5, 5.41) is 9.48. The van der Waals surface area contributed by atoms with Gasteiger partial charge in [0.25, 0.3) is 0 Å². The smallest absolute Gasteiger partial charge is 0.365 e. The molecular weight excluding hydrogens is 1220 g/mol.